The molecule has 166 valence electrons. The topological polar surface area (TPSA) is 66.9 Å². The van der Waals surface area contributed by atoms with Crippen molar-refractivity contribution in [3.63, 3.8) is 0 Å². The molecule has 0 N–H and O–H groups in total. The van der Waals surface area contributed by atoms with Gasteiger partial charge in [-0.25, -0.2) is 8.42 Å². The molecule has 2 heterocycles. The number of carbonyl (C=O) groups excluding carboxylic acids is 1. The van der Waals surface area contributed by atoms with Crippen LogP contribution in [0.3, 0.4) is 0 Å². The van der Waals surface area contributed by atoms with E-state index in [1.54, 1.807) is 16.4 Å². The second-order valence-corrected chi connectivity index (χ2v) is 11.0. The van der Waals surface area contributed by atoms with Crippen LogP contribution in [0.5, 0.6) is 5.75 Å². The van der Waals surface area contributed by atoms with E-state index in [-0.39, 0.29) is 10.8 Å². The summed E-state index contributed by atoms with van der Waals surface area (Å²) in [6.45, 7) is 2.61. The molecule has 1 aromatic carbocycles. The first-order chi connectivity index (χ1) is 14.5. The number of amides is 1. The van der Waals surface area contributed by atoms with Crippen molar-refractivity contribution >= 4 is 15.9 Å². The van der Waals surface area contributed by atoms with Crippen molar-refractivity contribution in [3.05, 3.63) is 23.8 Å². The number of piperidine rings is 1. The number of hydrogen-bond donors (Lipinski definition) is 0. The predicted molar refractivity (Wildman–Crippen MR) is 116 cm³/mol. The summed E-state index contributed by atoms with van der Waals surface area (Å²) >= 11 is 0. The smallest absolute Gasteiger partial charge is 0.257 e. The maximum atomic E-state index is 13.4. The van der Waals surface area contributed by atoms with Crippen LogP contribution in [0.25, 0.3) is 0 Å². The maximum absolute atomic E-state index is 13.4. The molecular weight excluding hydrogens is 400 g/mol. The van der Waals surface area contributed by atoms with Gasteiger partial charge in [-0.2, -0.15) is 4.31 Å². The molecule has 1 saturated carbocycles. The van der Waals surface area contributed by atoms with Crippen LogP contribution in [0, 0.1) is 11.8 Å². The van der Waals surface area contributed by atoms with Crippen LogP contribution in [0.1, 0.15) is 68.1 Å². The SMILES string of the molecule is COc1ccc(S(=O)(=O)N2CCCCCC2)cc1C(=O)N1CCC2CCCCC2C1. The fourth-order valence-corrected chi connectivity index (χ4v) is 6.95. The zero-order valence-corrected chi connectivity index (χ0v) is 18.8. The standard InChI is InChI=1S/C23H34N2O4S/c1-29-22-11-10-20(30(27,28)25-13-6-2-3-7-14-25)16-21(22)23(26)24-15-12-18-8-4-5-9-19(18)17-24/h10-11,16,18-19H,2-9,12-15,17H2,1H3. The monoisotopic (exact) mass is 434 g/mol. The van der Waals surface area contributed by atoms with Gasteiger partial charge in [0.2, 0.25) is 10.0 Å². The number of fused-ring (bicyclic) bond motifs is 1. The fourth-order valence-electron chi connectivity index (χ4n) is 5.40. The molecule has 1 amide bonds. The molecule has 0 bridgehead atoms. The number of likely N-dealkylation sites (tertiary alicyclic amines) is 1. The highest BCUT2D eigenvalue weighted by molar-refractivity contribution is 7.89. The van der Waals surface area contributed by atoms with Gasteiger partial charge in [0.05, 0.1) is 17.6 Å². The third kappa shape index (κ3) is 4.37. The summed E-state index contributed by atoms with van der Waals surface area (Å²) in [6, 6.07) is 4.74. The summed E-state index contributed by atoms with van der Waals surface area (Å²) in [6.07, 6.45) is 9.97. The maximum Gasteiger partial charge on any atom is 0.257 e. The van der Waals surface area contributed by atoms with E-state index in [2.05, 4.69) is 0 Å². The Balaban J connectivity index is 1.58. The molecule has 1 aliphatic carbocycles. The third-order valence-electron chi connectivity index (χ3n) is 7.18. The van der Waals surface area contributed by atoms with E-state index in [4.69, 9.17) is 4.74 Å². The van der Waals surface area contributed by atoms with Crippen molar-refractivity contribution in [2.75, 3.05) is 33.3 Å². The number of ether oxygens (including phenoxy) is 1. The van der Waals surface area contributed by atoms with Crippen molar-refractivity contribution in [2.24, 2.45) is 11.8 Å². The van der Waals surface area contributed by atoms with Crippen LogP contribution in [-0.4, -0.2) is 56.8 Å². The first-order valence-corrected chi connectivity index (χ1v) is 12.9. The second kappa shape index (κ2) is 9.27. The zero-order chi connectivity index (χ0) is 21.1. The predicted octanol–water partition coefficient (Wildman–Crippen LogP) is 3.91. The van der Waals surface area contributed by atoms with E-state index in [0.29, 0.717) is 30.3 Å². The number of carbonyl (C=O) groups is 1. The molecule has 7 heteroatoms. The van der Waals surface area contributed by atoms with E-state index in [0.717, 1.165) is 51.1 Å². The Bertz CT molecular complexity index is 862. The summed E-state index contributed by atoms with van der Waals surface area (Å²) < 4.78 is 33.5. The number of hydrogen-bond acceptors (Lipinski definition) is 4. The number of benzene rings is 1. The molecular formula is C23H34N2O4S. The fraction of sp³-hybridized carbons (Fsp3) is 0.696. The van der Waals surface area contributed by atoms with Gasteiger partial charge in [0, 0.05) is 26.2 Å². The first-order valence-electron chi connectivity index (χ1n) is 11.5. The van der Waals surface area contributed by atoms with E-state index in [9.17, 15) is 13.2 Å². The van der Waals surface area contributed by atoms with Crippen LogP contribution in [0.2, 0.25) is 0 Å². The van der Waals surface area contributed by atoms with Crippen molar-refractivity contribution in [1.82, 2.24) is 9.21 Å². The van der Waals surface area contributed by atoms with Gasteiger partial charge in [0.1, 0.15) is 5.75 Å². The van der Waals surface area contributed by atoms with E-state index in [1.165, 1.54) is 38.9 Å². The van der Waals surface area contributed by atoms with Gasteiger partial charge in [-0.1, -0.05) is 32.1 Å². The summed E-state index contributed by atoms with van der Waals surface area (Å²) in [5, 5.41) is 0. The third-order valence-corrected chi connectivity index (χ3v) is 9.08. The lowest BCUT2D eigenvalue weighted by Gasteiger charge is -2.41. The van der Waals surface area contributed by atoms with Crippen LogP contribution in [0.15, 0.2) is 23.1 Å². The highest BCUT2D eigenvalue weighted by atomic mass is 32.2. The second-order valence-electron chi connectivity index (χ2n) is 9.02. The number of rotatable bonds is 4. The number of sulfonamides is 1. The van der Waals surface area contributed by atoms with Gasteiger partial charge in [-0.3, -0.25) is 4.79 Å². The average Bonchev–Trinajstić information content (AvgIpc) is 3.08. The minimum Gasteiger partial charge on any atom is -0.496 e. The molecule has 3 aliphatic rings. The molecule has 6 nitrogen and oxygen atoms in total. The van der Waals surface area contributed by atoms with Gasteiger partial charge < -0.3 is 9.64 Å². The van der Waals surface area contributed by atoms with Crippen LogP contribution < -0.4 is 4.74 Å². The summed E-state index contributed by atoms with van der Waals surface area (Å²) in [4.78, 5) is 15.5. The largest absolute Gasteiger partial charge is 0.496 e. The van der Waals surface area contributed by atoms with Crippen molar-refractivity contribution in [3.8, 4) is 5.75 Å². The first kappa shape index (κ1) is 21.6. The quantitative estimate of drug-likeness (QED) is 0.721. The minimum atomic E-state index is -3.61. The van der Waals surface area contributed by atoms with Gasteiger partial charge in [0.15, 0.2) is 0 Å². The van der Waals surface area contributed by atoms with Crippen LogP contribution in [-0.2, 0) is 10.0 Å². The molecule has 0 aromatic heterocycles. The Labute approximate surface area is 180 Å². The lowest BCUT2D eigenvalue weighted by atomic mass is 9.75. The zero-order valence-electron chi connectivity index (χ0n) is 18.0. The Morgan fingerprint density at radius 2 is 1.63 bits per heavy atom. The Morgan fingerprint density at radius 3 is 2.33 bits per heavy atom. The highest BCUT2D eigenvalue weighted by Crippen LogP contribution is 2.37. The van der Waals surface area contributed by atoms with E-state index in [1.807, 2.05) is 4.90 Å². The number of methoxy groups -OCH3 is 1. The summed E-state index contributed by atoms with van der Waals surface area (Å²) in [5.41, 5.74) is 0.364. The van der Waals surface area contributed by atoms with Gasteiger partial charge >= 0.3 is 0 Å². The van der Waals surface area contributed by atoms with Crippen molar-refractivity contribution in [1.29, 1.82) is 0 Å². The van der Waals surface area contributed by atoms with E-state index >= 15 is 0 Å². The lowest BCUT2D eigenvalue weighted by Crippen LogP contribution is -2.44. The molecule has 4 rings (SSSR count). The van der Waals surface area contributed by atoms with Crippen LogP contribution >= 0.6 is 0 Å². The van der Waals surface area contributed by atoms with Gasteiger partial charge in [-0.05, 0) is 55.7 Å². The normalized spacial score (nSPS) is 26.0. The van der Waals surface area contributed by atoms with Crippen LogP contribution in [0.4, 0.5) is 0 Å². The molecule has 2 aliphatic heterocycles. The Hall–Kier alpha value is -1.60. The summed E-state index contributed by atoms with van der Waals surface area (Å²) in [5.74, 6) is 1.65. The Morgan fingerprint density at radius 1 is 0.933 bits per heavy atom. The van der Waals surface area contributed by atoms with Crippen molar-refractivity contribution in [2.45, 2.75) is 62.7 Å². The van der Waals surface area contributed by atoms with Crippen molar-refractivity contribution < 1.29 is 17.9 Å². The van der Waals surface area contributed by atoms with E-state index < -0.39 is 10.0 Å². The minimum absolute atomic E-state index is 0.108. The highest BCUT2D eigenvalue weighted by Gasteiger charge is 2.34. The van der Waals surface area contributed by atoms with Gasteiger partial charge in [0.25, 0.3) is 5.91 Å². The molecule has 1 aromatic rings. The molecule has 2 saturated heterocycles. The molecule has 2 unspecified atom stereocenters. The van der Waals surface area contributed by atoms with Gasteiger partial charge in [-0.15, -0.1) is 0 Å². The number of nitrogens with zero attached hydrogens (tertiary/aromatic N) is 2. The molecule has 0 radical (unpaired) electrons. The lowest BCUT2D eigenvalue weighted by molar-refractivity contribution is 0.0518. The molecule has 30 heavy (non-hydrogen) atoms. The molecule has 2 atom stereocenters. The average molecular weight is 435 g/mol. The summed E-state index contributed by atoms with van der Waals surface area (Å²) in [7, 11) is -2.08. The molecule has 0 spiro atoms. The Kier molecular flexibility index (Phi) is 6.68. The molecule has 3 fully saturated rings.